The van der Waals surface area contributed by atoms with Crippen LogP contribution in [0.3, 0.4) is 0 Å². The number of benzene rings is 3. The Hall–Kier alpha value is -2.82. The first-order chi connectivity index (χ1) is 14.0. The number of ether oxygens (including phenoxy) is 1. The minimum atomic E-state index is -0.516. The quantitative estimate of drug-likeness (QED) is 0.359. The first kappa shape index (κ1) is 19.5. The average molecular weight is 429 g/mol. The van der Waals surface area contributed by atoms with Crippen LogP contribution in [0.2, 0.25) is 10.0 Å². The molecule has 0 aliphatic rings. The molecule has 0 spiro atoms. The fourth-order valence-electron chi connectivity index (χ4n) is 3.05. The number of hydrogen-bond acceptors (Lipinski definition) is 3. The molecule has 0 unspecified atom stereocenters. The second kappa shape index (κ2) is 7.90. The summed E-state index contributed by atoms with van der Waals surface area (Å²) in [6.07, 6.45) is 0. The molecule has 1 aromatic heterocycles. The van der Waals surface area contributed by atoms with Crippen LogP contribution in [0, 0.1) is 12.7 Å². The Morgan fingerprint density at radius 3 is 2.52 bits per heavy atom. The third-order valence-corrected chi connectivity index (χ3v) is 5.23. The molecule has 4 aromatic rings. The summed E-state index contributed by atoms with van der Waals surface area (Å²) in [7, 11) is 0. The van der Waals surface area contributed by atoms with E-state index < -0.39 is 5.82 Å². The molecular formula is C23H15Cl2FO3. The summed E-state index contributed by atoms with van der Waals surface area (Å²) in [5.41, 5.74) is 1.65. The van der Waals surface area contributed by atoms with Crippen molar-refractivity contribution in [3.05, 3.63) is 97.9 Å². The Morgan fingerprint density at radius 1 is 1.00 bits per heavy atom. The zero-order valence-corrected chi connectivity index (χ0v) is 16.9. The highest BCUT2D eigenvalue weighted by Crippen LogP contribution is 2.36. The Balaban J connectivity index is 1.90. The van der Waals surface area contributed by atoms with Crippen LogP contribution in [-0.2, 0) is 6.61 Å². The summed E-state index contributed by atoms with van der Waals surface area (Å²) >= 11 is 12.4. The van der Waals surface area contributed by atoms with Crippen LogP contribution in [0.5, 0.6) is 5.75 Å². The van der Waals surface area contributed by atoms with Gasteiger partial charge in [0, 0.05) is 11.1 Å². The molecule has 0 aliphatic carbocycles. The van der Waals surface area contributed by atoms with Gasteiger partial charge in [0.15, 0.2) is 5.76 Å². The molecule has 0 atom stereocenters. The maximum Gasteiger partial charge on any atom is 0.235 e. The molecular weight excluding hydrogens is 414 g/mol. The van der Waals surface area contributed by atoms with Crippen molar-refractivity contribution in [2.24, 2.45) is 0 Å². The molecule has 0 bridgehead atoms. The highest BCUT2D eigenvalue weighted by molar-refractivity contribution is 6.33. The van der Waals surface area contributed by atoms with Gasteiger partial charge in [-0.2, -0.15) is 0 Å². The smallest absolute Gasteiger partial charge is 0.235 e. The van der Waals surface area contributed by atoms with Crippen molar-refractivity contribution in [1.29, 1.82) is 0 Å². The second-order valence-electron chi connectivity index (χ2n) is 6.56. The van der Waals surface area contributed by atoms with Gasteiger partial charge in [-0.1, -0.05) is 47.5 Å². The first-order valence-electron chi connectivity index (χ1n) is 8.84. The van der Waals surface area contributed by atoms with Gasteiger partial charge in [0.2, 0.25) is 11.2 Å². The van der Waals surface area contributed by atoms with E-state index in [1.165, 1.54) is 12.1 Å². The molecule has 146 valence electrons. The first-order valence-corrected chi connectivity index (χ1v) is 9.59. The molecule has 6 heteroatoms. The number of rotatable bonds is 4. The van der Waals surface area contributed by atoms with E-state index in [0.29, 0.717) is 21.6 Å². The summed E-state index contributed by atoms with van der Waals surface area (Å²) in [6, 6.07) is 16.6. The molecule has 0 amide bonds. The number of fused-ring (bicyclic) bond motifs is 1. The molecule has 3 aromatic carbocycles. The lowest BCUT2D eigenvalue weighted by Gasteiger charge is -2.14. The second-order valence-corrected chi connectivity index (χ2v) is 7.37. The van der Waals surface area contributed by atoms with Gasteiger partial charge in [-0.15, -0.1) is 0 Å². The van der Waals surface area contributed by atoms with E-state index in [-0.39, 0.29) is 34.1 Å². The van der Waals surface area contributed by atoms with Crippen molar-refractivity contribution in [1.82, 2.24) is 0 Å². The predicted molar refractivity (Wildman–Crippen MR) is 113 cm³/mol. The Bertz CT molecular complexity index is 1260. The largest absolute Gasteiger partial charge is 0.481 e. The van der Waals surface area contributed by atoms with Gasteiger partial charge in [-0.3, -0.25) is 4.79 Å². The summed E-state index contributed by atoms with van der Waals surface area (Å²) < 4.78 is 26.0. The van der Waals surface area contributed by atoms with E-state index in [4.69, 9.17) is 32.4 Å². The molecule has 29 heavy (non-hydrogen) atoms. The summed E-state index contributed by atoms with van der Waals surface area (Å²) in [5.74, 6) is -0.377. The van der Waals surface area contributed by atoms with Gasteiger partial charge in [0.1, 0.15) is 18.0 Å². The zero-order chi connectivity index (χ0) is 20.5. The van der Waals surface area contributed by atoms with Crippen molar-refractivity contribution >= 4 is 34.2 Å². The SMILES string of the molecule is Cc1ccc2c(=O)c(OCc3c(F)cccc3Cl)c(-c3ccccc3Cl)oc2c1. The normalized spacial score (nSPS) is 11.0. The highest BCUT2D eigenvalue weighted by atomic mass is 35.5. The van der Waals surface area contributed by atoms with Crippen LogP contribution in [-0.4, -0.2) is 0 Å². The van der Waals surface area contributed by atoms with E-state index in [1.54, 1.807) is 42.5 Å². The molecule has 0 aliphatic heterocycles. The maximum atomic E-state index is 14.2. The average Bonchev–Trinajstić information content (AvgIpc) is 2.69. The topological polar surface area (TPSA) is 39.4 Å². The van der Waals surface area contributed by atoms with Gasteiger partial charge < -0.3 is 9.15 Å². The van der Waals surface area contributed by atoms with Gasteiger partial charge in [-0.05, 0) is 48.9 Å². The molecule has 0 radical (unpaired) electrons. The number of hydrogen-bond donors (Lipinski definition) is 0. The molecule has 0 N–H and O–H groups in total. The standard InChI is InChI=1S/C23H15Cl2FO3/c1-13-9-10-15-20(11-13)29-22(14-5-2-3-6-17(14)24)23(21(15)27)28-12-16-18(25)7-4-8-19(16)26/h2-11H,12H2,1H3. The molecule has 0 fully saturated rings. The molecule has 4 rings (SSSR count). The Kier molecular flexibility index (Phi) is 5.31. The lowest BCUT2D eigenvalue weighted by atomic mass is 10.1. The van der Waals surface area contributed by atoms with Crippen molar-refractivity contribution in [2.75, 3.05) is 0 Å². The highest BCUT2D eigenvalue weighted by Gasteiger charge is 2.20. The Labute approximate surface area is 176 Å². The number of halogens is 3. The minimum Gasteiger partial charge on any atom is -0.481 e. The third kappa shape index (κ3) is 3.74. The van der Waals surface area contributed by atoms with Crippen molar-refractivity contribution in [3.8, 4) is 17.1 Å². The van der Waals surface area contributed by atoms with Gasteiger partial charge >= 0.3 is 0 Å². The fraction of sp³-hybridized carbons (Fsp3) is 0.0870. The summed E-state index contributed by atoms with van der Waals surface area (Å²) in [5, 5.41) is 0.975. The van der Waals surface area contributed by atoms with E-state index >= 15 is 0 Å². The van der Waals surface area contributed by atoms with Crippen LogP contribution < -0.4 is 10.2 Å². The van der Waals surface area contributed by atoms with Gasteiger partial charge in [0.05, 0.1) is 15.4 Å². The van der Waals surface area contributed by atoms with E-state index in [2.05, 4.69) is 0 Å². The van der Waals surface area contributed by atoms with E-state index in [9.17, 15) is 9.18 Å². The zero-order valence-electron chi connectivity index (χ0n) is 15.3. The van der Waals surface area contributed by atoms with Gasteiger partial charge in [0.25, 0.3) is 0 Å². The number of aryl methyl sites for hydroxylation is 1. The Morgan fingerprint density at radius 2 is 1.76 bits per heavy atom. The van der Waals surface area contributed by atoms with E-state index in [1.807, 2.05) is 13.0 Å². The molecule has 0 saturated carbocycles. The third-order valence-electron chi connectivity index (χ3n) is 4.55. The van der Waals surface area contributed by atoms with Crippen LogP contribution in [0.4, 0.5) is 4.39 Å². The van der Waals surface area contributed by atoms with Crippen LogP contribution >= 0.6 is 23.2 Å². The lowest BCUT2D eigenvalue weighted by molar-refractivity contribution is 0.292. The van der Waals surface area contributed by atoms with Crippen LogP contribution in [0.15, 0.2) is 69.9 Å². The van der Waals surface area contributed by atoms with Crippen LogP contribution in [0.25, 0.3) is 22.3 Å². The van der Waals surface area contributed by atoms with Crippen LogP contribution in [0.1, 0.15) is 11.1 Å². The lowest BCUT2D eigenvalue weighted by Crippen LogP contribution is -2.11. The van der Waals surface area contributed by atoms with Crippen molar-refractivity contribution in [2.45, 2.75) is 13.5 Å². The molecule has 1 heterocycles. The summed E-state index contributed by atoms with van der Waals surface area (Å²) in [4.78, 5) is 13.2. The monoisotopic (exact) mass is 428 g/mol. The van der Waals surface area contributed by atoms with Crippen molar-refractivity contribution in [3.63, 3.8) is 0 Å². The fourth-order valence-corrected chi connectivity index (χ4v) is 3.49. The molecule has 3 nitrogen and oxygen atoms in total. The minimum absolute atomic E-state index is 0.0474. The summed E-state index contributed by atoms with van der Waals surface area (Å²) in [6.45, 7) is 1.67. The van der Waals surface area contributed by atoms with Crippen molar-refractivity contribution < 1.29 is 13.5 Å². The van der Waals surface area contributed by atoms with E-state index in [0.717, 1.165) is 5.56 Å². The predicted octanol–water partition coefficient (Wildman–Crippen LogP) is 6.79. The molecule has 0 saturated heterocycles. The van der Waals surface area contributed by atoms with Gasteiger partial charge in [-0.25, -0.2) is 4.39 Å². The maximum absolute atomic E-state index is 14.2.